The number of thioether (sulfide) groups is 1. The Kier molecular flexibility index (Phi) is 6.10. The molecule has 0 heterocycles. The van der Waals surface area contributed by atoms with Gasteiger partial charge in [-0.2, -0.15) is 0 Å². The van der Waals surface area contributed by atoms with Gasteiger partial charge < -0.3 is 0 Å². The third-order valence-electron chi connectivity index (χ3n) is 5.23. The molecule has 0 N–H and O–H groups in total. The topological polar surface area (TPSA) is 0 Å². The van der Waals surface area contributed by atoms with Gasteiger partial charge in [0.15, 0.2) is 0 Å². The van der Waals surface area contributed by atoms with Gasteiger partial charge in [0.05, 0.1) is 0 Å². The molecule has 26 heavy (non-hydrogen) atoms. The van der Waals surface area contributed by atoms with Crippen LogP contribution in [0, 0.1) is 5.92 Å². The van der Waals surface area contributed by atoms with Gasteiger partial charge in [-0.25, -0.2) is 0 Å². The van der Waals surface area contributed by atoms with E-state index in [1.807, 2.05) is 11.8 Å². The van der Waals surface area contributed by atoms with Crippen molar-refractivity contribution in [2.24, 2.45) is 5.92 Å². The van der Waals surface area contributed by atoms with E-state index < -0.39 is 0 Å². The van der Waals surface area contributed by atoms with E-state index in [1.54, 1.807) is 0 Å². The molecular weight excluding hydrogens is 351 g/mol. The third-order valence-corrected chi connectivity index (χ3v) is 9.48. The minimum atomic E-state index is -0.285. The fraction of sp³-hybridized carbons (Fsp3) is 0.250. The molecule has 2 atom stereocenters. The number of hydrogen-bond acceptors (Lipinski definition) is 1. The van der Waals surface area contributed by atoms with E-state index in [0.29, 0.717) is 0 Å². The first-order chi connectivity index (χ1) is 12.9. The summed E-state index contributed by atoms with van der Waals surface area (Å²) in [6.07, 6.45) is 4.13. The highest BCUT2D eigenvalue weighted by Crippen LogP contribution is 2.51. The molecule has 2 heteroatoms. The Morgan fingerprint density at radius 3 is 1.81 bits per heavy atom. The zero-order valence-electron chi connectivity index (χ0n) is 15.0. The van der Waals surface area contributed by atoms with Crippen molar-refractivity contribution in [2.75, 3.05) is 5.75 Å². The molecular formula is C24H25PS. The third kappa shape index (κ3) is 4.22. The minimum Gasteiger partial charge on any atom is -0.126 e. The number of hydrogen-bond donors (Lipinski definition) is 0. The molecule has 0 unspecified atom stereocenters. The summed E-state index contributed by atoms with van der Waals surface area (Å²) in [5.74, 6) is 2.06. The molecule has 1 aliphatic rings. The Labute approximate surface area is 162 Å². The van der Waals surface area contributed by atoms with E-state index in [2.05, 4.69) is 91.0 Å². The summed E-state index contributed by atoms with van der Waals surface area (Å²) in [6.45, 7) is 0. The second-order valence-corrected chi connectivity index (χ2v) is 10.5. The molecule has 132 valence electrons. The monoisotopic (exact) mass is 376 g/mol. The largest absolute Gasteiger partial charge is 0.126 e. The SMILES string of the molecule is c1ccc(SC[C@H]2CCC[C@H]2P(c2ccccc2)c2ccccc2)cc1. The molecule has 0 amide bonds. The Bertz CT molecular complexity index is 749. The smallest absolute Gasteiger partial charge is 0.00720 e. The molecule has 0 spiro atoms. The Balaban J connectivity index is 1.58. The molecule has 0 radical (unpaired) electrons. The lowest BCUT2D eigenvalue weighted by molar-refractivity contribution is 0.632. The van der Waals surface area contributed by atoms with E-state index in [0.717, 1.165) is 11.6 Å². The van der Waals surface area contributed by atoms with E-state index in [9.17, 15) is 0 Å². The van der Waals surface area contributed by atoms with Crippen LogP contribution in [-0.2, 0) is 0 Å². The van der Waals surface area contributed by atoms with E-state index >= 15 is 0 Å². The molecule has 0 aliphatic heterocycles. The molecule has 1 saturated carbocycles. The highest BCUT2D eigenvalue weighted by Gasteiger charge is 2.35. The van der Waals surface area contributed by atoms with Gasteiger partial charge in [0.2, 0.25) is 0 Å². The molecule has 1 aliphatic carbocycles. The van der Waals surface area contributed by atoms with Gasteiger partial charge in [0.1, 0.15) is 0 Å². The van der Waals surface area contributed by atoms with Crippen LogP contribution in [0.5, 0.6) is 0 Å². The minimum absolute atomic E-state index is 0.285. The van der Waals surface area contributed by atoms with Crippen LogP contribution in [0.3, 0.4) is 0 Å². The van der Waals surface area contributed by atoms with Crippen molar-refractivity contribution in [3.63, 3.8) is 0 Å². The van der Waals surface area contributed by atoms with Gasteiger partial charge in [-0.05, 0) is 55.1 Å². The fourth-order valence-corrected chi connectivity index (χ4v) is 8.45. The van der Waals surface area contributed by atoms with Crippen molar-refractivity contribution in [2.45, 2.75) is 29.8 Å². The standard InChI is InChI=1S/C24H25PS/c1-4-12-21(13-5-1)25(22-14-6-2-7-15-22)24-18-10-11-20(24)19-26-23-16-8-3-9-17-23/h1-9,12-17,20,24H,10-11,18-19H2/t20-,24-/m1/s1. The Hall–Kier alpha value is -1.56. The molecule has 3 aromatic rings. The van der Waals surface area contributed by atoms with Crippen molar-refractivity contribution in [1.82, 2.24) is 0 Å². The number of benzene rings is 3. The summed E-state index contributed by atoms with van der Waals surface area (Å²) in [4.78, 5) is 1.40. The summed E-state index contributed by atoms with van der Waals surface area (Å²) in [5, 5.41) is 3.07. The van der Waals surface area contributed by atoms with Gasteiger partial charge in [-0.15, -0.1) is 11.8 Å². The predicted octanol–water partition coefficient (Wildman–Crippen LogP) is 6.08. The van der Waals surface area contributed by atoms with Crippen molar-refractivity contribution in [3.05, 3.63) is 91.0 Å². The summed E-state index contributed by atoms with van der Waals surface area (Å²) in [6, 6.07) is 33.4. The lowest BCUT2D eigenvalue weighted by atomic mass is 10.1. The van der Waals surface area contributed by atoms with Crippen LogP contribution in [0.15, 0.2) is 95.9 Å². The Morgan fingerprint density at radius 1 is 0.692 bits per heavy atom. The number of rotatable bonds is 6. The van der Waals surface area contributed by atoms with Crippen LogP contribution in [0.2, 0.25) is 0 Å². The molecule has 0 bridgehead atoms. The molecule has 0 saturated heterocycles. The van der Waals surface area contributed by atoms with Gasteiger partial charge >= 0.3 is 0 Å². The normalized spacial score (nSPS) is 19.7. The zero-order chi connectivity index (χ0) is 17.6. The average molecular weight is 377 g/mol. The van der Waals surface area contributed by atoms with Crippen molar-refractivity contribution >= 4 is 30.3 Å². The Morgan fingerprint density at radius 2 is 1.23 bits per heavy atom. The van der Waals surface area contributed by atoms with Crippen LogP contribution < -0.4 is 10.6 Å². The average Bonchev–Trinajstić information content (AvgIpc) is 3.17. The lowest BCUT2D eigenvalue weighted by Crippen LogP contribution is -2.25. The van der Waals surface area contributed by atoms with Gasteiger partial charge in [-0.1, -0.05) is 85.3 Å². The predicted molar refractivity (Wildman–Crippen MR) is 117 cm³/mol. The highest BCUT2D eigenvalue weighted by molar-refractivity contribution is 7.99. The zero-order valence-corrected chi connectivity index (χ0v) is 16.7. The van der Waals surface area contributed by atoms with E-state index in [4.69, 9.17) is 0 Å². The summed E-state index contributed by atoms with van der Waals surface area (Å²) in [5.41, 5.74) is 0.797. The van der Waals surface area contributed by atoms with Crippen LogP contribution in [0.4, 0.5) is 0 Å². The molecule has 4 rings (SSSR count). The highest BCUT2D eigenvalue weighted by atomic mass is 32.2. The quantitative estimate of drug-likeness (QED) is 0.371. The first-order valence-corrected chi connectivity index (χ1v) is 11.9. The van der Waals surface area contributed by atoms with Crippen LogP contribution in [0.25, 0.3) is 0 Å². The van der Waals surface area contributed by atoms with Crippen molar-refractivity contribution in [3.8, 4) is 0 Å². The second-order valence-electron chi connectivity index (χ2n) is 6.92. The fourth-order valence-electron chi connectivity index (χ4n) is 3.98. The second kappa shape index (κ2) is 8.89. The maximum Gasteiger partial charge on any atom is 0.00720 e. The van der Waals surface area contributed by atoms with Crippen LogP contribution >= 0.6 is 19.7 Å². The lowest BCUT2D eigenvalue weighted by Gasteiger charge is -2.30. The molecule has 0 aromatic heterocycles. The van der Waals surface area contributed by atoms with E-state index in [1.165, 1.54) is 40.5 Å². The maximum absolute atomic E-state index is 2.35. The summed E-state index contributed by atoms with van der Waals surface area (Å²) >= 11 is 2.04. The first-order valence-electron chi connectivity index (χ1n) is 9.49. The molecule has 0 nitrogen and oxygen atoms in total. The van der Waals surface area contributed by atoms with Crippen LogP contribution in [-0.4, -0.2) is 11.4 Å². The summed E-state index contributed by atoms with van der Waals surface area (Å²) < 4.78 is 0. The molecule has 3 aromatic carbocycles. The van der Waals surface area contributed by atoms with E-state index in [-0.39, 0.29) is 7.92 Å². The van der Waals surface area contributed by atoms with Gasteiger partial charge in [0.25, 0.3) is 0 Å². The first kappa shape index (κ1) is 17.8. The maximum atomic E-state index is 2.35. The van der Waals surface area contributed by atoms with Crippen molar-refractivity contribution < 1.29 is 0 Å². The van der Waals surface area contributed by atoms with Crippen molar-refractivity contribution in [1.29, 1.82) is 0 Å². The van der Waals surface area contributed by atoms with Crippen LogP contribution in [0.1, 0.15) is 19.3 Å². The van der Waals surface area contributed by atoms with Gasteiger partial charge in [-0.3, -0.25) is 0 Å². The molecule has 1 fully saturated rings. The van der Waals surface area contributed by atoms with Gasteiger partial charge in [0, 0.05) is 10.6 Å². The summed E-state index contributed by atoms with van der Waals surface area (Å²) in [7, 11) is -0.285.